The summed E-state index contributed by atoms with van der Waals surface area (Å²) in [6.45, 7) is 5.06. The topological polar surface area (TPSA) is 71.5 Å². The van der Waals surface area contributed by atoms with Crippen molar-refractivity contribution in [3.05, 3.63) is 41.7 Å². The van der Waals surface area contributed by atoms with Gasteiger partial charge in [-0.05, 0) is 45.4 Å². The molecule has 0 aromatic carbocycles. The molecule has 1 aliphatic heterocycles. The highest BCUT2D eigenvalue weighted by Crippen LogP contribution is 2.31. The Bertz CT molecular complexity index is 620. The number of carbonyl (C=O) groups excluding carboxylic acids is 1. The van der Waals surface area contributed by atoms with E-state index in [9.17, 15) is 4.79 Å². The quantitative estimate of drug-likeness (QED) is 0.919. The molecule has 1 fully saturated rings. The van der Waals surface area contributed by atoms with Crippen LogP contribution in [0.2, 0.25) is 0 Å². The maximum absolute atomic E-state index is 12.2. The fraction of sp³-hybridized carbons (Fsp3) is 0.500. The van der Waals surface area contributed by atoms with E-state index in [2.05, 4.69) is 15.4 Å². The molecule has 0 bridgehead atoms. The van der Waals surface area contributed by atoms with Gasteiger partial charge in [-0.3, -0.25) is 9.69 Å². The van der Waals surface area contributed by atoms with Crippen molar-refractivity contribution in [2.24, 2.45) is 0 Å². The van der Waals surface area contributed by atoms with Gasteiger partial charge in [0.1, 0.15) is 17.2 Å². The van der Waals surface area contributed by atoms with Gasteiger partial charge in [0, 0.05) is 6.07 Å². The Morgan fingerprint density at radius 1 is 1.59 bits per heavy atom. The first kappa shape index (κ1) is 14.8. The van der Waals surface area contributed by atoms with Gasteiger partial charge in [-0.2, -0.15) is 0 Å². The van der Waals surface area contributed by atoms with E-state index in [0.717, 1.165) is 36.6 Å². The van der Waals surface area contributed by atoms with E-state index in [0.29, 0.717) is 6.54 Å². The van der Waals surface area contributed by atoms with Gasteiger partial charge in [-0.15, -0.1) is 0 Å². The number of furan rings is 1. The summed E-state index contributed by atoms with van der Waals surface area (Å²) in [5.41, 5.74) is 0.918. The summed E-state index contributed by atoms with van der Waals surface area (Å²) in [5.74, 6) is 1.56. The fourth-order valence-corrected chi connectivity index (χ4v) is 2.97. The van der Waals surface area contributed by atoms with Crippen molar-refractivity contribution >= 4 is 5.91 Å². The Hall–Kier alpha value is -2.08. The van der Waals surface area contributed by atoms with Crippen LogP contribution in [-0.2, 0) is 4.79 Å². The summed E-state index contributed by atoms with van der Waals surface area (Å²) >= 11 is 0. The van der Waals surface area contributed by atoms with Gasteiger partial charge in [0.25, 0.3) is 0 Å². The highest BCUT2D eigenvalue weighted by atomic mass is 16.5. The molecule has 0 spiro atoms. The highest BCUT2D eigenvalue weighted by molar-refractivity contribution is 5.78. The molecule has 3 heterocycles. The third-order valence-electron chi connectivity index (χ3n) is 4.05. The molecule has 22 heavy (non-hydrogen) atoms. The van der Waals surface area contributed by atoms with Crippen molar-refractivity contribution in [2.45, 2.75) is 38.8 Å². The molecule has 1 saturated heterocycles. The number of hydrogen-bond acceptors (Lipinski definition) is 5. The van der Waals surface area contributed by atoms with Crippen LogP contribution in [-0.4, -0.2) is 29.1 Å². The molecule has 1 amide bonds. The molecule has 3 rings (SSSR count). The molecule has 2 atom stereocenters. The lowest BCUT2D eigenvalue weighted by Gasteiger charge is -2.22. The van der Waals surface area contributed by atoms with Crippen LogP contribution in [0.25, 0.3) is 0 Å². The second-order valence-corrected chi connectivity index (χ2v) is 5.80. The smallest absolute Gasteiger partial charge is 0.234 e. The minimum Gasteiger partial charge on any atom is -0.467 e. The summed E-state index contributed by atoms with van der Waals surface area (Å²) in [7, 11) is 0. The summed E-state index contributed by atoms with van der Waals surface area (Å²) < 4.78 is 10.5. The molecule has 0 saturated carbocycles. The second-order valence-electron chi connectivity index (χ2n) is 5.80. The van der Waals surface area contributed by atoms with Crippen molar-refractivity contribution in [3.63, 3.8) is 0 Å². The van der Waals surface area contributed by atoms with Crippen LogP contribution in [0.3, 0.4) is 0 Å². The highest BCUT2D eigenvalue weighted by Gasteiger charge is 2.30. The molecule has 6 nitrogen and oxygen atoms in total. The first-order chi connectivity index (χ1) is 10.6. The SMILES string of the molecule is Cc1cc([C@H]2CCCN2CC(=O)N[C@@H](C)c2ccco2)no1. The van der Waals surface area contributed by atoms with Gasteiger partial charge < -0.3 is 14.3 Å². The Morgan fingerprint density at radius 2 is 2.45 bits per heavy atom. The minimum atomic E-state index is -0.127. The standard InChI is InChI=1S/C16H21N3O3/c1-11-9-13(18-22-11)14-5-3-7-19(14)10-16(20)17-12(2)15-6-4-8-21-15/h4,6,8-9,12,14H,3,5,7,10H2,1-2H3,(H,17,20)/t12-,14+/m0/s1. The van der Waals surface area contributed by atoms with Crippen molar-refractivity contribution in [2.75, 3.05) is 13.1 Å². The van der Waals surface area contributed by atoms with Crippen LogP contribution >= 0.6 is 0 Å². The predicted molar refractivity (Wildman–Crippen MR) is 80.1 cm³/mol. The number of nitrogens with zero attached hydrogens (tertiary/aromatic N) is 2. The average molecular weight is 303 g/mol. The lowest BCUT2D eigenvalue weighted by molar-refractivity contribution is -0.123. The molecule has 1 aliphatic rings. The van der Waals surface area contributed by atoms with Crippen molar-refractivity contribution in [1.82, 2.24) is 15.4 Å². The summed E-state index contributed by atoms with van der Waals surface area (Å²) in [5, 5.41) is 7.06. The van der Waals surface area contributed by atoms with E-state index in [1.54, 1.807) is 6.26 Å². The molecule has 0 aliphatic carbocycles. The first-order valence-electron chi connectivity index (χ1n) is 7.63. The lowest BCUT2D eigenvalue weighted by Crippen LogP contribution is -2.38. The van der Waals surface area contributed by atoms with Gasteiger partial charge in [0.15, 0.2) is 0 Å². The molecule has 0 radical (unpaired) electrons. The molecule has 0 unspecified atom stereocenters. The first-order valence-corrected chi connectivity index (χ1v) is 7.63. The summed E-state index contributed by atoms with van der Waals surface area (Å²) in [6.07, 6.45) is 3.69. The van der Waals surface area contributed by atoms with Crippen LogP contribution in [0.1, 0.15) is 49.1 Å². The number of likely N-dealkylation sites (tertiary alicyclic amines) is 1. The third-order valence-corrected chi connectivity index (χ3v) is 4.05. The van der Waals surface area contributed by atoms with Crippen LogP contribution < -0.4 is 5.32 Å². The maximum Gasteiger partial charge on any atom is 0.234 e. The Balaban J connectivity index is 1.58. The minimum absolute atomic E-state index is 0.00369. The Labute approximate surface area is 129 Å². The van der Waals surface area contributed by atoms with Crippen LogP contribution in [0, 0.1) is 6.92 Å². The van der Waals surface area contributed by atoms with Crippen LogP contribution in [0.5, 0.6) is 0 Å². The van der Waals surface area contributed by atoms with Gasteiger partial charge in [-0.1, -0.05) is 5.16 Å². The molecular weight excluding hydrogens is 282 g/mol. The number of hydrogen-bond donors (Lipinski definition) is 1. The molecule has 1 N–H and O–H groups in total. The number of nitrogens with one attached hydrogen (secondary N) is 1. The second kappa shape index (κ2) is 6.36. The van der Waals surface area contributed by atoms with E-state index in [1.807, 2.05) is 32.0 Å². The van der Waals surface area contributed by atoms with Gasteiger partial charge in [-0.25, -0.2) is 0 Å². The van der Waals surface area contributed by atoms with Crippen molar-refractivity contribution in [3.8, 4) is 0 Å². The number of aryl methyl sites for hydroxylation is 1. The summed E-state index contributed by atoms with van der Waals surface area (Å²) in [4.78, 5) is 14.4. The third kappa shape index (κ3) is 3.22. The van der Waals surface area contributed by atoms with Crippen molar-refractivity contribution < 1.29 is 13.7 Å². The van der Waals surface area contributed by atoms with Gasteiger partial charge in [0.2, 0.25) is 5.91 Å². The number of carbonyl (C=O) groups is 1. The number of amides is 1. The zero-order chi connectivity index (χ0) is 15.5. The zero-order valence-electron chi connectivity index (χ0n) is 12.9. The Morgan fingerprint density at radius 3 is 3.14 bits per heavy atom. The monoisotopic (exact) mass is 303 g/mol. The normalized spacial score (nSPS) is 20.2. The van der Waals surface area contributed by atoms with E-state index in [4.69, 9.17) is 8.94 Å². The molecule has 2 aromatic heterocycles. The maximum atomic E-state index is 12.2. The van der Waals surface area contributed by atoms with Crippen LogP contribution in [0.15, 0.2) is 33.4 Å². The molecular formula is C16H21N3O3. The molecule has 6 heteroatoms. The van der Waals surface area contributed by atoms with E-state index in [-0.39, 0.29) is 18.0 Å². The average Bonchev–Trinajstić information content (AvgIpc) is 3.18. The zero-order valence-corrected chi connectivity index (χ0v) is 12.9. The number of aromatic nitrogens is 1. The molecule has 2 aromatic rings. The van der Waals surface area contributed by atoms with E-state index < -0.39 is 0 Å². The fourth-order valence-electron chi connectivity index (χ4n) is 2.97. The summed E-state index contributed by atoms with van der Waals surface area (Å²) in [6, 6.07) is 5.68. The van der Waals surface area contributed by atoms with E-state index >= 15 is 0 Å². The lowest BCUT2D eigenvalue weighted by atomic mass is 10.1. The van der Waals surface area contributed by atoms with Crippen molar-refractivity contribution in [1.29, 1.82) is 0 Å². The van der Waals surface area contributed by atoms with Crippen LogP contribution in [0.4, 0.5) is 0 Å². The van der Waals surface area contributed by atoms with Gasteiger partial charge >= 0.3 is 0 Å². The van der Waals surface area contributed by atoms with E-state index in [1.165, 1.54) is 0 Å². The van der Waals surface area contributed by atoms with Gasteiger partial charge in [0.05, 0.1) is 24.9 Å². The predicted octanol–water partition coefficient (Wildman–Crippen LogP) is 2.59. The Kier molecular flexibility index (Phi) is 4.29. The number of rotatable bonds is 5. The largest absolute Gasteiger partial charge is 0.467 e. The molecule has 118 valence electrons.